The van der Waals surface area contributed by atoms with Gasteiger partial charge in [-0.05, 0) is 12.5 Å². The Morgan fingerprint density at radius 3 is 2.79 bits per heavy atom. The highest BCUT2D eigenvalue weighted by Gasteiger charge is 2.23. The van der Waals surface area contributed by atoms with Gasteiger partial charge < -0.3 is 24.8 Å². The smallest absolute Gasteiger partial charge is 0.256 e. The molecule has 0 unspecified atom stereocenters. The van der Waals surface area contributed by atoms with Gasteiger partial charge in [0, 0.05) is 31.5 Å². The molecule has 2 N–H and O–H groups in total. The maximum atomic E-state index is 12.5. The zero-order chi connectivity index (χ0) is 13.2. The predicted molar refractivity (Wildman–Crippen MR) is 68.3 cm³/mol. The van der Waals surface area contributed by atoms with Crippen LogP contribution in [0.15, 0.2) is 12.1 Å². The summed E-state index contributed by atoms with van der Waals surface area (Å²) in [5, 5.41) is 0. The number of anilines is 1. The van der Waals surface area contributed by atoms with Crippen molar-refractivity contribution in [3.05, 3.63) is 17.7 Å². The molecule has 0 aromatic heterocycles. The second-order valence-corrected chi connectivity index (χ2v) is 4.55. The van der Waals surface area contributed by atoms with Crippen molar-refractivity contribution in [2.24, 2.45) is 0 Å². The molecule has 2 heterocycles. The number of hydrogen-bond donors (Lipinski definition) is 1. The molecule has 1 aromatic carbocycles. The summed E-state index contributed by atoms with van der Waals surface area (Å²) in [5.74, 6) is 1.08. The van der Waals surface area contributed by atoms with E-state index in [1.807, 2.05) is 0 Å². The number of fused-ring (bicyclic) bond motifs is 1. The molecule has 0 bridgehead atoms. The molecule has 0 radical (unpaired) electrons. The van der Waals surface area contributed by atoms with Gasteiger partial charge in [-0.2, -0.15) is 0 Å². The maximum absolute atomic E-state index is 12.5. The fourth-order valence-electron chi connectivity index (χ4n) is 2.26. The number of amides is 1. The average molecular weight is 264 g/mol. The van der Waals surface area contributed by atoms with Gasteiger partial charge in [0.25, 0.3) is 5.91 Å². The Bertz CT molecular complexity index is 496. The van der Waals surface area contributed by atoms with Crippen molar-refractivity contribution < 1.29 is 19.0 Å². The summed E-state index contributed by atoms with van der Waals surface area (Å²) in [7, 11) is 0. The molecule has 0 atom stereocenters. The van der Waals surface area contributed by atoms with Crippen molar-refractivity contribution >= 4 is 11.6 Å². The van der Waals surface area contributed by atoms with Crippen molar-refractivity contribution in [1.82, 2.24) is 4.90 Å². The minimum Gasteiger partial charge on any atom is -0.454 e. The van der Waals surface area contributed by atoms with E-state index in [9.17, 15) is 4.79 Å². The summed E-state index contributed by atoms with van der Waals surface area (Å²) < 4.78 is 15.9. The predicted octanol–water partition coefficient (Wildman–Crippen LogP) is 0.860. The zero-order valence-corrected chi connectivity index (χ0v) is 10.6. The molecular weight excluding hydrogens is 248 g/mol. The Kier molecular flexibility index (Phi) is 3.16. The Labute approximate surface area is 111 Å². The van der Waals surface area contributed by atoms with Crippen LogP contribution in [-0.2, 0) is 4.74 Å². The lowest BCUT2D eigenvalue weighted by molar-refractivity contribution is 0.0742. The van der Waals surface area contributed by atoms with Crippen molar-refractivity contribution in [2.45, 2.75) is 6.42 Å². The zero-order valence-electron chi connectivity index (χ0n) is 10.6. The van der Waals surface area contributed by atoms with E-state index in [4.69, 9.17) is 19.9 Å². The van der Waals surface area contributed by atoms with Crippen molar-refractivity contribution in [3.8, 4) is 11.5 Å². The second kappa shape index (κ2) is 4.97. The molecule has 6 heteroatoms. The number of nitrogen functional groups attached to an aromatic ring is 1. The fourth-order valence-corrected chi connectivity index (χ4v) is 2.26. The van der Waals surface area contributed by atoms with Gasteiger partial charge in [0.05, 0.1) is 12.2 Å². The highest BCUT2D eigenvalue weighted by molar-refractivity contribution is 6.00. The average Bonchev–Trinajstić information content (AvgIpc) is 2.69. The lowest BCUT2D eigenvalue weighted by atomic mass is 10.1. The molecule has 3 rings (SSSR count). The van der Waals surface area contributed by atoms with E-state index in [0.717, 1.165) is 6.42 Å². The van der Waals surface area contributed by atoms with Gasteiger partial charge in [0.1, 0.15) is 0 Å². The van der Waals surface area contributed by atoms with Crippen LogP contribution >= 0.6 is 0 Å². The quantitative estimate of drug-likeness (QED) is 0.761. The summed E-state index contributed by atoms with van der Waals surface area (Å²) >= 11 is 0. The molecule has 1 fully saturated rings. The topological polar surface area (TPSA) is 74.0 Å². The van der Waals surface area contributed by atoms with E-state index in [2.05, 4.69) is 0 Å². The fraction of sp³-hybridized carbons (Fsp3) is 0.462. The third-order valence-electron chi connectivity index (χ3n) is 3.28. The molecule has 2 aliphatic rings. The lowest BCUT2D eigenvalue weighted by Gasteiger charge is -2.20. The summed E-state index contributed by atoms with van der Waals surface area (Å²) in [6.07, 6.45) is 0.843. The lowest BCUT2D eigenvalue weighted by Crippen LogP contribution is -2.33. The largest absolute Gasteiger partial charge is 0.454 e. The van der Waals surface area contributed by atoms with E-state index in [-0.39, 0.29) is 12.7 Å². The van der Waals surface area contributed by atoms with E-state index in [0.29, 0.717) is 49.1 Å². The molecule has 0 aliphatic carbocycles. The van der Waals surface area contributed by atoms with Crippen LogP contribution in [0.2, 0.25) is 0 Å². The van der Waals surface area contributed by atoms with Gasteiger partial charge in [-0.3, -0.25) is 4.79 Å². The summed E-state index contributed by atoms with van der Waals surface area (Å²) in [5.41, 5.74) is 6.81. The number of ether oxygens (including phenoxy) is 3. The SMILES string of the molecule is Nc1cc2c(cc1C(=O)N1CCCOCC1)OCO2. The Morgan fingerprint density at radius 2 is 1.95 bits per heavy atom. The van der Waals surface area contributed by atoms with Crippen molar-refractivity contribution in [3.63, 3.8) is 0 Å². The van der Waals surface area contributed by atoms with Crippen LogP contribution in [0.5, 0.6) is 11.5 Å². The molecule has 6 nitrogen and oxygen atoms in total. The summed E-state index contributed by atoms with van der Waals surface area (Å²) in [6, 6.07) is 3.30. The van der Waals surface area contributed by atoms with E-state index in [1.54, 1.807) is 17.0 Å². The van der Waals surface area contributed by atoms with Gasteiger partial charge in [0.15, 0.2) is 11.5 Å². The Balaban J connectivity index is 1.86. The first-order valence-corrected chi connectivity index (χ1v) is 6.32. The first-order valence-electron chi connectivity index (χ1n) is 6.32. The first kappa shape index (κ1) is 12.1. The molecular formula is C13H16N2O4. The molecule has 1 saturated heterocycles. The van der Waals surface area contributed by atoms with Gasteiger partial charge in [-0.25, -0.2) is 0 Å². The van der Waals surface area contributed by atoms with Gasteiger partial charge in [-0.15, -0.1) is 0 Å². The van der Waals surface area contributed by atoms with Crippen LogP contribution in [0, 0.1) is 0 Å². The van der Waals surface area contributed by atoms with Gasteiger partial charge in [-0.1, -0.05) is 0 Å². The molecule has 1 amide bonds. The number of carbonyl (C=O) groups is 1. The minimum atomic E-state index is -0.0821. The van der Waals surface area contributed by atoms with Crippen LogP contribution in [-0.4, -0.2) is 43.9 Å². The standard InChI is InChI=1S/C13H16N2O4/c14-10-7-12-11(18-8-19-12)6-9(10)13(16)15-2-1-4-17-5-3-15/h6-7H,1-5,8,14H2. The highest BCUT2D eigenvalue weighted by Crippen LogP contribution is 2.36. The third-order valence-corrected chi connectivity index (χ3v) is 3.28. The summed E-state index contributed by atoms with van der Waals surface area (Å²) in [4.78, 5) is 14.2. The number of nitrogens with two attached hydrogens (primary N) is 1. The minimum absolute atomic E-state index is 0.0821. The molecule has 0 spiro atoms. The van der Waals surface area contributed by atoms with E-state index >= 15 is 0 Å². The number of rotatable bonds is 1. The number of nitrogens with zero attached hydrogens (tertiary/aromatic N) is 1. The van der Waals surface area contributed by atoms with Gasteiger partial charge in [0.2, 0.25) is 6.79 Å². The third kappa shape index (κ3) is 2.31. The van der Waals surface area contributed by atoms with Crippen LogP contribution in [0.25, 0.3) is 0 Å². The molecule has 102 valence electrons. The Morgan fingerprint density at radius 1 is 1.16 bits per heavy atom. The number of carbonyl (C=O) groups excluding carboxylic acids is 1. The molecule has 1 aromatic rings. The van der Waals surface area contributed by atoms with Crippen molar-refractivity contribution in [1.29, 1.82) is 0 Å². The monoisotopic (exact) mass is 264 g/mol. The van der Waals surface area contributed by atoms with Crippen LogP contribution < -0.4 is 15.2 Å². The van der Waals surface area contributed by atoms with E-state index in [1.165, 1.54) is 0 Å². The molecule has 19 heavy (non-hydrogen) atoms. The van der Waals surface area contributed by atoms with Crippen molar-refractivity contribution in [2.75, 3.05) is 38.8 Å². The number of hydrogen-bond acceptors (Lipinski definition) is 5. The molecule has 2 aliphatic heterocycles. The van der Waals surface area contributed by atoms with Crippen LogP contribution in [0.3, 0.4) is 0 Å². The van der Waals surface area contributed by atoms with Crippen LogP contribution in [0.4, 0.5) is 5.69 Å². The molecule has 0 saturated carbocycles. The van der Waals surface area contributed by atoms with E-state index < -0.39 is 0 Å². The maximum Gasteiger partial charge on any atom is 0.256 e. The Hall–Kier alpha value is -1.95. The highest BCUT2D eigenvalue weighted by atomic mass is 16.7. The number of benzene rings is 1. The van der Waals surface area contributed by atoms with Gasteiger partial charge >= 0.3 is 0 Å². The summed E-state index contributed by atoms with van der Waals surface area (Å²) in [6.45, 7) is 2.71. The normalized spacial score (nSPS) is 18.2. The van der Waals surface area contributed by atoms with Crippen LogP contribution in [0.1, 0.15) is 16.8 Å². The second-order valence-electron chi connectivity index (χ2n) is 4.55. The first-order chi connectivity index (χ1) is 9.25.